The van der Waals surface area contributed by atoms with Gasteiger partial charge in [-0.1, -0.05) is 26.7 Å². The molecule has 1 aromatic heterocycles. The highest BCUT2D eigenvalue weighted by Gasteiger charge is 2.33. The lowest BCUT2D eigenvalue weighted by Crippen LogP contribution is -2.43. The van der Waals surface area contributed by atoms with Crippen molar-refractivity contribution in [2.24, 2.45) is 17.1 Å². The van der Waals surface area contributed by atoms with Gasteiger partial charge in [0.1, 0.15) is 5.01 Å². The van der Waals surface area contributed by atoms with Crippen LogP contribution in [-0.2, 0) is 0 Å². The third-order valence-electron chi connectivity index (χ3n) is 4.65. The summed E-state index contributed by atoms with van der Waals surface area (Å²) in [6, 6.07) is 0.391. The fourth-order valence-electron chi connectivity index (χ4n) is 2.98. The zero-order chi connectivity index (χ0) is 13.7. The van der Waals surface area contributed by atoms with Gasteiger partial charge in [-0.25, -0.2) is 4.98 Å². The zero-order valence-electron chi connectivity index (χ0n) is 12.2. The molecule has 1 aliphatic carbocycles. The van der Waals surface area contributed by atoms with E-state index in [-0.39, 0.29) is 0 Å². The molecule has 2 rings (SSSR count). The quantitative estimate of drug-likeness (QED) is 0.841. The summed E-state index contributed by atoms with van der Waals surface area (Å²) in [5.41, 5.74) is 6.39. The van der Waals surface area contributed by atoms with Gasteiger partial charge in [-0.15, -0.1) is 11.3 Å². The van der Waals surface area contributed by atoms with Crippen LogP contribution in [0.2, 0.25) is 0 Å². The smallest absolute Gasteiger partial charge is 0.109 e. The molecule has 0 radical (unpaired) electrons. The molecule has 0 spiro atoms. The molecule has 0 amide bonds. The molecule has 0 saturated heterocycles. The topological polar surface area (TPSA) is 50.9 Å². The molecule has 3 nitrogen and oxygen atoms in total. The highest BCUT2D eigenvalue weighted by Crippen LogP contribution is 2.38. The molecule has 1 unspecified atom stereocenters. The summed E-state index contributed by atoms with van der Waals surface area (Å²) in [7, 11) is 0. The SMILES string of the molecule is CCC(NCC1(CN)CCC(C)CC1)c1nccs1. The summed E-state index contributed by atoms with van der Waals surface area (Å²) in [6.07, 6.45) is 8.17. The number of nitrogens with zero attached hydrogens (tertiary/aromatic N) is 1. The molecular formula is C15H27N3S. The summed E-state index contributed by atoms with van der Waals surface area (Å²) >= 11 is 1.74. The lowest BCUT2D eigenvalue weighted by Gasteiger charge is -2.39. The average molecular weight is 281 g/mol. The fourth-order valence-corrected chi connectivity index (χ4v) is 3.78. The molecule has 1 aliphatic rings. The van der Waals surface area contributed by atoms with Gasteiger partial charge < -0.3 is 11.1 Å². The minimum Gasteiger partial charge on any atom is -0.330 e. The van der Waals surface area contributed by atoms with Crippen molar-refractivity contribution in [2.45, 2.75) is 52.0 Å². The molecular weight excluding hydrogens is 254 g/mol. The van der Waals surface area contributed by atoms with Gasteiger partial charge in [-0.3, -0.25) is 0 Å². The summed E-state index contributed by atoms with van der Waals surface area (Å²) in [5.74, 6) is 0.876. The van der Waals surface area contributed by atoms with Crippen LogP contribution in [0.1, 0.15) is 57.0 Å². The van der Waals surface area contributed by atoms with Gasteiger partial charge in [-0.2, -0.15) is 0 Å². The van der Waals surface area contributed by atoms with E-state index >= 15 is 0 Å². The van der Waals surface area contributed by atoms with Gasteiger partial charge in [0.15, 0.2) is 0 Å². The first kappa shape index (κ1) is 14.9. The van der Waals surface area contributed by atoms with Crippen LogP contribution in [0.5, 0.6) is 0 Å². The Labute approximate surface area is 121 Å². The first-order chi connectivity index (χ1) is 9.19. The van der Waals surface area contributed by atoms with Crippen LogP contribution >= 0.6 is 11.3 Å². The standard InChI is InChI=1S/C15H27N3S/c1-3-13(14-17-8-9-19-14)18-11-15(10-16)6-4-12(2)5-7-15/h8-9,12-13,18H,3-7,10-11,16H2,1-2H3. The number of nitrogens with two attached hydrogens (primary N) is 1. The molecule has 1 aromatic rings. The van der Waals surface area contributed by atoms with E-state index in [1.807, 2.05) is 6.20 Å². The van der Waals surface area contributed by atoms with Crippen LogP contribution in [-0.4, -0.2) is 18.1 Å². The van der Waals surface area contributed by atoms with Crippen molar-refractivity contribution in [1.29, 1.82) is 0 Å². The molecule has 1 saturated carbocycles. The van der Waals surface area contributed by atoms with Gasteiger partial charge in [0.05, 0.1) is 6.04 Å². The van der Waals surface area contributed by atoms with E-state index in [0.717, 1.165) is 25.4 Å². The average Bonchev–Trinajstić information content (AvgIpc) is 2.96. The lowest BCUT2D eigenvalue weighted by atomic mass is 9.70. The summed E-state index contributed by atoms with van der Waals surface area (Å²) in [5, 5.41) is 6.98. The Morgan fingerprint density at radius 2 is 2.26 bits per heavy atom. The molecule has 19 heavy (non-hydrogen) atoms. The Kier molecular flexibility index (Phi) is 5.37. The Bertz CT molecular complexity index is 355. The zero-order valence-corrected chi connectivity index (χ0v) is 13.0. The van der Waals surface area contributed by atoms with Gasteiger partial charge in [-0.05, 0) is 37.1 Å². The molecule has 3 N–H and O–H groups in total. The second-order valence-corrected chi connectivity index (χ2v) is 7.02. The van der Waals surface area contributed by atoms with Crippen molar-refractivity contribution < 1.29 is 0 Å². The molecule has 0 aromatic carbocycles. The van der Waals surface area contributed by atoms with Crippen molar-refractivity contribution in [3.8, 4) is 0 Å². The van der Waals surface area contributed by atoms with E-state index in [1.165, 1.54) is 30.7 Å². The van der Waals surface area contributed by atoms with Crippen LogP contribution in [0.15, 0.2) is 11.6 Å². The lowest BCUT2D eigenvalue weighted by molar-refractivity contribution is 0.154. The number of nitrogens with one attached hydrogen (secondary N) is 1. The second kappa shape index (κ2) is 6.82. The number of hydrogen-bond donors (Lipinski definition) is 2. The van der Waals surface area contributed by atoms with Crippen molar-refractivity contribution in [1.82, 2.24) is 10.3 Å². The van der Waals surface area contributed by atoms with E-state index in [0.29, 0.717) is 11.5 Å². The van der Waals surface area contributed by atoms with Gasteiger partial charge >= 0.3 is 0 Å². The number of rotatable bonds is 6. The summed E-state index contributed by atoms with van der Waals surface area (Å²) < 4.78 is 0. The molecule has 1 atom stereocenters. The van der Waals surface area contributed by atoms with Gasteiger partial charge in [0, 0.05) is 18.1 Å². The predicted octanol–water partition coefficient (Wildman–Crippen LogP) is 3.34. The monoisotopic (exact) mass is 281 g/mol. The Hall–Kier alpha value is -0.450. The molecule has 0 aliphatic heterocycles. The Morgan fingerprint density at radius 3 is 2.79 bits per heavy atom. The van der Waals surface area contributed by atoms with E-state index in [1.54, 1.807) is 11.3 Å². The van der Waals surface area contributed by atoms with Crippen molar-refractivity contribution >= 4 is 11.3 Å². The third kappa shape index (κ3) is 3.77. The minimum absolute atomic E-state index is 0.317. The first-order valence-electron chi connectivity index (χ1n) is 7.52. The first-order valence-corrected chi connectivity index (χ1v) is 8.40. The minimum atomic E-state index is 0.317. The maximum atomic E-state index is 6.08. The summed E-state index contributed by atoms with van der Waals surface area (Å²) in [4.78, 5) is 4.44. The maximum absolute atomic E-state index is 6.08. The van der Waals surface area contributed by atoms with Crippen molar-refractivity contribution in [2.75, 3.05) is 13.1 Å². The number of thiazole rings is 1. The predicted molar refractivity (Wildman–Crippen MR) is 82.3 cm³/mol. The highest BCUT2D eigenvalue weighted by molar-refractivity contribution is 7.09. The van der Waals surface area contributed by atoms with E-state index < -0.39 is 0 Å². The maximum Gasteiger partial charge on any atom is 0.109 e. The van der Waals surface area contributed by atoms with Crippen molar-refractivity contribution in [3.63, 3.8) is 0 Å². The van der Waals surface area contributed by atoms with Gasteiger partial charge in [0.2, 0.25) is 0 Å². The molecule has 0 bridgehead atoms. The number of hydrogen-bond acceptors (Lipinski definition) is 4. The van der Waals surface area contributed by atoms with E-state index in [2.05, 4.69) is 29.5 Å². The molecule has 1 fully saturated rings. The van der Waals surface area contributed by atoms with Crippen LogP contribution in [0.3, 0.4) is 0 Å². The normalized spacial score (nSPS) is 29.3. The third-order valence-corrected chi connectivity index (χ3v) is 5.54. The number of aromatic nitrogens is 1. The van der Waals surface area contributed by atoms with E-state index in [4.69, 9.17) is 5.73 Å². The Morgan fingerprint density at radius 1 is 1.53 bits per heavy atom. The molecule has 1 heterocycles. The van der Waals surface area contributed by atoms with Crippen LogP contribution in [0.4, 0.5) is 0 Å². The fraction of sp³-hybridized carbons (Fsp3) is 0.800. The highest BCUT2D eigenvalue weighted by atomic mass is 32.1. The van der Waals surface area contributed by atoms with Crippen molar-refractivity contribution in [3.05, 3.63) is 16.6 Å². The van der Waals surface area contributed by atoms with E-state index in [9.17, 15) is 0 Å². The Balaban J connectivity index is 1.92. The summed E-state index contributed by atoms with van der Waals surface area (Å²) in [6.45, 7) is 6.42. The molecule has 108 valence electrons. The van der Waals surface area contributed by atoms with Crippen LogP contribution < -0.4 is 11.1 Å². The van der Waals surface area contributed by atoms with Crippen LogP contribution in [0, 0.1) is 11.3 Å². The second-order valence-electron chi connectivity index (χ2n) is 6.10. The largest absolute Gasteiger partial charge is 0.330 e. The molecule has 4 heteroatoms. The van der Waals surface area contributed by atoms with Crippen LogP contribution in [0.25, 0.3) is 0 Å². The van der Waals surface area contributed by atoms with Gasteiger partial charge in [0.25, 0.3) is 0 Å².